The van der Waals surface area contributed by atoms with Gasteiger partial charge >= 0.3 is 6.09 Å². The minimum Gasteiger partial charge on any atom is -0.465 e. The first kappa shape index (κ1) is 16.7. The minimum absolute atomic E-state index is 0.124. The Bertz CT molecular complexity index is 643. The second kappa shape index (κ2) is 6.79. The lowest BCUT2D eigenvalue weighted by Gasteiger charge is -2.35. The van der Waals surface area contributed by atoms with Crippen LogP contribution in [-0.4, -0.2) is 52.1 Å². The zero-order valence-electron chi connectivity index (χ0n) is 13.9. The number of hydrogen-bond acceptors (Lipinski definition) is 2. The number of rotatable bonds is 3. The van der Waals surface area contributed by atoms with Crippen LogP contribution in [0.3, 0.4) is 0 Å². The molecular weight excluding hydrogens is 311 g/mol. The minimum atomic E-state index is -0.946. The Morgan fingerprint density at radius 3 is 2.54 bits per heavy atom. The van der Waals surface area contributed by atoms with E-state index in [9.17, 15) is 19.1 Å². The number of carbonyl (C=O) groups is 2. The summed E-state index contributed by atoms with van der Waals surface area (Å²) in [6.45, 7) is 2.40. The fraction of sp³-hybridized carbons (Fsp3) is 0.556. The number of carboxylic acid groups (broad SMARTS) is 1. The molecule has 1 aliphatic heterocycles. The van der Waals surface area contributed by atoms with Gasteiger partial charge in [-0.25, -0.2) is 9.18 Å². The maximum Gasteiger partial charge on any atom is 0.407 e. The first-order valence-electron chi connectivity index (χ1n) is 8.54. The van der Waals surface area contributed by atoms with Crippen molar-refractivity contribution in [1.82, 2.24) is 9.80 Å². The predicted octanol–water partition coefficient (Wildman–Crippen LogP) is 3.27. The summed E-state index contributed by atoms with van der Waals surface area (Å²) >= 11 is 0. The molecule has 0 unspecified atom stereocenters. The van der Waals surface area contributed by atoms with Gasteiger partial charge in [-0.05, 0) is 43.9 Å². The molecule has 2 amide bonds. The van der Waals surface area contributed by atoms with E-state index in [2.05, 4.69) is 0 Å². The summed E-state index contributed by atoms with van der Waals surface area (Å²) in [5.41, 5.74) is 0.745. The molecule has 1 saturated carbocycles. The first-order chi connectivity index (χ1) is 11.5. The number of likely N-dealkylation sites (tertiary alicyclic amines) is 1. The summed E-state index contributed by atoms with van der Waals surface area (Å²) in [5, 5.41) is 9.19. The van der Waals surface area contributed by atoms with Crippen LogP contribution in [0.5, 0.6) is 0 Å². The normalized spacial score (nSPS) is 21.2. The molecule has 130 valence electrons. The highest BCUT2D eigenvalue weighted by atomic mass is 19.1. The van der Waals surface area contributed by atoms with Crippen molar-refractivity contribution in [3.63, 3.8) is 0 Å². The van der Waals surface area contributed by atoms with Crippen molar-refractivity contribution in [2.75, 3.05) is 13.1 Å². The molecule has 0 radical (unpaired) electrons. The summed E-state index contributed by atoms with van der Waals surface area (Å²) in [7, 11) is 0. The molecule has 1 aromatic rings. The van der Waals surface area contributed by atoms with Gasteiger partial charge in [0.15, 0.2) is 0 Å². The predicted molar refractivity (Wildman–Crippen MR) is 87.6 cm³/mol. The lowest BCUT2D eigenvalue weighted by Crippen LogP contribution is -2.48. The number of carbonyl (C=O) groups excluding carboxylic acids is 1. The van der Waals surface area contributed by atoms with Crippen molar-refractivity contribution in [2.45, 2.75) is 51.1 Å². The topological polar surface area (TPSA) is 60.9 Å². The Morgan fingerprint density at radius 2 is 1.92 bits per heavy atom. The van der Waals surface area contributed by atoms with Gasteiger partial charge in [0.25, 0.3) is 5.91 Å². The van der Waals surface area contributed by atoms with E-state index in [1.807, 2.05) is 4.90 Å². The quantitative estimate of drug-likeness (QED) is 0.923. The van der Waals surface area contributed by atoms with Gasteiger partial charge in [-0.3, -0.25) is 4.79 Å². The number of amides is 2. The van der Waals surface area contributed by atoms with Gasteiger partial charge < -0.3 is 14.9 Å². The Morgan fingerprint density at radius 1 is 1.21 bits per heavy atom. The van der Waals surface area contributed by atoms with Crippen LogP contribution in [0.1, 0.15) is 48.0 Å². The van der Waals surface area contributed by atoms with Crippen molar-refractivity contribution in [2.24, 2.45) is 0 Å². The molecule has 1 aromatic carbocycles. The van der Waals surface area contributed by atoms with Crippen LogP contribution >= 0.6 is 0 Å². The van der Waals surface area contributed by atoms with Crippen molar-refractivity contribution in [3.05, 3.63) is 35.1 Å². The van der Waals surface area contributed by atoms with Gasteiger partial charge in [-0.2, -0.15) is 0 Å². The molecule has 0 aromatic heterocycles. The van der Waals surface area contributed by atoms with Gasteiger partial charge in [-0.1, -0.05) is 18.9 Å². The summed E-state index contributed by atoms with van der Waals surface area (Å²) in [4.78, 5) is 27.6. The zero-order valence-corrected chi connectivity index (χ0v) is 13.9. The Balaban J connectivity index is 1.89. The summed E-state index contributed by atoms with van der Waals surface area (Å²) in [6, 6.07) is 4.57. The molecule has 0 spiro atoms. The summed E-state index contributed by atoms with van der Waals surface area (Å²) < 4.78 is 13.9. The largest absolute Gasteiger partial charge is 0.465 e. The van der Waals surface area contributed by atoms with E-state index in [1.54, 1.807) is 19.1 Å². The summed E-state index contributed by atoms with van der Waals surface area (Å²) in [5.74, 6) is -0.554. The van der Waals surface area contributed by atoms with Crippen LogP contribution in [0.4, 0.5) is 9.18 Å². The van der Waals surface area contributed by atoms with Crippen LogP contribution in [0, 0.1) is 12.7 Å². The molecule has 1 N–H and O–H groups in total. The highest BCUT2D eigenvalue weighted by Crippen LogP contribution is 2.30. The van der Waals surface area contributed by atoms with Crippen molar-refractivity contribution >= 4 is 12.0 Å². The molecule has 2 fully saturated rings. The lowest BCUT2D eigenvalue weighted by molar-refractivity contribution is 0.0578. The second-order valence-corrected chi connectivity index (χ2v) is 6.73. The molecular formula is C18H23FN2O3. The number of benzene rings is 1. The van der Waals surface area contributed by atoms with Crippen LogP contribution < -0.4 is 0 Å². The summed E-state index contributed by atoms with van der Waals surface area (Å²) in [6.07, 6.45) is 3.71. The van der Waals surface area contributed by atoms with Gasteiger partial charge in [-0.15, -0.1) is 0 Å². The molecule has 24 heavy (non-hydrogen) atoms. The molecule has 2 aliphatic rings. The molecule has 6 heteroatoms. The van der Waals surface area contributed by atoms with Crippen LogP contribution in [0.2, 0.25) is 0 Å². The molecule has 1 saturated heterocycles. The van der Waals surface area contributed by atoms with Gasteiger partial charge in [0.2, 0.25) is 0 Å². The standard InChI is InChI=1S/C18H23FN2O3/c1-12-15(7-4-8-16(12)19)17(22)21(13-5-2-3-6-13)14-9-10-20(11-14)18(23)24/h4,7-8,13-14H,2-3,5-6,9-11H2,1H3,(H,23,24)/t14-/m0/s1. The third-order valence-corrected chi connectivity index (χ3v) is 5.28. The Hall–Kier alpha value is -2.11. The third-order valence-electron chi connectivity index (χ3n) is 5.28. The van der Waals surface area contributed by atoms with Crippen LogP contribution in [0.15, 0.2) is 18.2 Å². The number of hydrogen-bond donors (Lipinski definition) is 1. The van der Waals surface area contributed by atoms with Crippen molar-refractivity contribution in [1.29, 1.82) is 0 Å². The van der Waals surface area contributed by atoms with Gasteiger partial charge in [0, 0.05) is 24.7 Å². The van der Waals surface area contributed by atoms with Gasteiger partial charge in [0.05, 0.1) is 6.04 Å². The average Bonchev–Trinajstić information content (AvgIpc) is 3.22. The fourth-order valence-corrected chi connectivity index (χ4v) is 3.93. The second-order valence-electron chi connectivity index (χ2n) is 6.73. The van der Waals surface area contributed by atoms with E-state index in [0.717, 1.165) is 25.7 Å². The van der Waals surface area contributed by atoms with Gasteiger partial charge in [0.1, 0.15) is 5.82 Å². The van der Waals surface area contributed by atoms with Crippen LogP contribution in [-0.2, 0) is 0 Å². The highest BCUT2D eigenvalue weighted by molar-refractivity contribution is 5.96. The molecule has 3 rings (SSSR count). The Labute approximate surface area is 141 Å². The zero-order chi connectivity index (χ0) is 17.3. The smallest absolute Gasteiger partial charge is 0.407 e. The maximum atomic E-state index is 13.9. The van der Waals surface area contributed by atoms with Crippen LogP contribution in [0.25, 0.3) is 0 Å². The van der Waals surface area contributed by atoms with E-state index in [0.29, 0.717) is 30.6 Å². The van der Waals surface area contributed by atoms with E-state index >= 15 is 0 Å². The lowest BCUT2D eigenvalue weighted by atomic mass is 10.0. The fourth-order valence-electron chi connectivity index (χ4n) is 3.93. The van der Waals surface area contributed by atoms with E-state index < -0.39 is 6.09 Å². The third kappa shape index (κ3) is 3.09. The maximum absolute atomic E-state index is 13.9. The van der Waals surface area contributed by atoms with E-state index in [4.69, 9.17) is 0 Å². The number of halogens is 1. The Kier molecular flexibility index (Phi) is 4.73. The SMILES string of the molecule is Cc1c(F)cccc1C(=O)N(C1CCCC1)[C@H]1CCN(C(=O)O)C1. The first-order valence-corrected chi connectivity index (χ1v) is 8.54. The monoisotopic (exact) mass is 334 g/mol. The molecule has 1 atom stereocenters. The van der Waals surface area contributed by atoms with Crippen molar-refractivity contribution in [3.8, 4) is 0 Å². The highest BCUT2D eigenvalue weighted by Gasteiger charge is 2.38. The molecule has 0 bridgehead atoms. The van der Waals surface area contributed by atoms with E-state index in [-0.39, 0.29) is 23.8 Å². The van der Waals surface area contributed by atoms with Crippen molar-refractivity contribution < 1.29 is 19.1 Å². The molecule has 1 heterocycles. The number of nitrogens with zero attached hydrogens (tertiary/aromatic N) is 2. The molecule has 1 aliphatic carbocycles. The average molecular weight is 334 g/mol. The molecule has 5 nitrogen and oxygen atoms in total. The van der Waals surface area contributed by atoms with E-state index in [1.165, 1.54) is 11.0 Å².